The summed E-state index contributed by atoms with van der Waals surface area (Å²) in [5.41, 5.74) is 4.68. The fraction of sp³-hybridized carbons (Fsp3) is 0.273. The van der Waals surface area contributed by atoms with Gasteiger partial charge >= 0.3 is 0 Å². The zero-order valence-corrected chi connectivity index (χ0v) is 8.28. The Labute approximate surface area is 82.9 Å². The molecule has 1 aromatic carbocycles. The van der Waals surface area contributed by atoms with Crippen molar-refractivity contribution in [2.75, 3.05) is 0 Å². The lowest BCUT2D eigenvalue weighted by atomic mass is 9.78. The van der Waals surface area contributed by atoms with Crippen LogP contribution in [0.3, 0.4) is 0 Å². The third kappa shape index (κ3) is 1.53. The van der Waals surface area contributed by atoms with Gasteiger partial charge in [-0.1, -0.05) is 30.3 Å². The maximum absolute atomic E-state index is 11.4. The number of amides is 1. The van der Waals surface area contributed by atoms with E-state index in [1.54, 1.807) is 31.2 Å². The molecule has 0 fully saturated rings. The summed E-state index contributed by atoms with van der Waals surface area (Å²) in [5, 5.41) is 0. The van der Waals surface area contributed by atoms with Gasteiger partial charge in [-0.3, -0.25) is 9.59 Å². The highest BCUT2D eigenvalue weighted by Gasteiger charge is 2.37. The molecular weight excluding hydrogens is 178 g/mol. The standard InChI is InChI=1S/C11H13NO2/c1-8(13)11(2,10(12)14)9-6-4-3-5-7-9/h3-7H,1-2H3,(H2,12,14). The second-order valence-electron chi connectivity index (χ2n) is 3.41. The van der Waals surface area contributed by atoms with Crippen LogP contribution in [0.25, 0.3) is 0 Å². The quantitative estimate of drug-likeness (QED) is 0.725. The van der Waals surface area contributed by atoms with Gasteiger partial charge in [-0.25, -0.2) is 0 Å². The predicted octanol–water partition coefficient (Wildman–Crippen LogP) is 1.02. The van der Waals surface area contributed by atoms with Crippen LogP contribution >= 0.6 is 0 Å². The number of hydrogen-bond acceptors (Lipinski definition) is 2. The molecule has 0 saturated heterocycles. The molecule has 0 radical (unpaired) electrons. The summed E-state index contributed by atoms with van der Waals surface area (Å²) < 4.78 is 0. The highest BCUT2D eigenvalue weighted by molar-refractivity contribution is 6.09. The summed E-state index contributed by atoms with van der Waals surface area (Å²) in [4.78, 5) is 22.7. The van der Waals surface area contributed by atoms with Crippen molar-refractivity contribution in [2.45, 2.75) is 19.3 Å². The van der Waals surface area contributed by atoms with Crippen LogP contribution in [0.2, 0.25) is 0 Å². The van der Waals surface area contributed by atoms with Crippen LogP contribution in [-0.4, -0.2) is 11.7 Å². The van der Waals surface area contributed by atoms with E-state index in [-0.39, 0.29) is 5.78 Å². The van der Waals surface area contributed by atoms with E-state index in [0.29, 0.717) is 5.56 Å². The first-order valence-electron chi connectivity index (χ1n) is 4.36. The van der Waals surface area contributed by atoms with E-state index >= 15 is 0 Å². The highest BCUT2D eigenvalue weighted by atomic mass is 16.2. The van der Waals surface area contributed by atoms with Crippen molar-refractivity contribution in [3.8, 4) is 0 Å². The third-order valence-electron chi connectivity index (χ3n) is 2.55. The normalized spacial score (nSPS) is 14.4. The van der Waals surface area contributed by atoms with E-state index in [1.165, 1.54) is 6.92 Å². The van der Waals surface area contributed by atoms with Gasteiger partial charge in [0.15, 0.2) is 0 Å². The van der Waals surface area contributed by atoms with Crippen molar-refractivity contribution in [1.29, 1.82) is 0 Å². The van der Waals surface area contributed by atoms with Gasteiger partial charge in [0.05, 0.1) is 0 Å². The number of ketones is 1. The average Bonchev–Trinajstić information content (AvgIpc) is 2.17. The van der Waals surface area contributed by atoms with Gasteiger partial charge in [-0.05, 0) is 19.4 Å². The van der Waals surface area contributed by atoms with E-state index in [1.807, 2.05) is 6.07 Å². The predicted molar refractivity (Wildman–Crippen MR) is 53.7 cm³/mol. The maximum Gasteiger partial charge on any atom is 0.235 e. The number of Topliss-reactive ketones (excluding diaryl/α,β-unsaturated/α-hetero) is 1. The van der Waals surface area contributed by atoms with Crippen molar-refractivity contribution in [1.82, 2.24) is 0 Å². The van der Waals surface area contributed by atoms with E-state index in [0.717, 1.165) is 0 Å². The summed E-state index contributed by atoms with van der Waals surface area (Å²) in [6, 6.07) is 8.84. The zero-order chi connectivity index (χ0) is 10.8. The zero-order valence-electron chi connectivity index (χ0n) is 8.28. The van der Waals surface area contributed by atoms with Crippen LogP contribution in [-0.2, 0) is 15.0 Å². The first-order chi connectivity index (χ1) is 6.49. The van der Waals surface area contributed by atoms with E-state index in [4.69, 9.17) is 5.73 Å². The smallest absolute Gasteiger partial charge is 0.235 e. The number of rotatable bonds is 3. The van der Waals surface area contributed by atoms with Crippen LogP contribution in [0.15, 0.2) is 30.3 Å². The molecule has 1 atom stereocenters. The molecule has 0 heterocycles. The maximum atomic E-state index is 11.4. The van der Waals surface area contributed by atoms with Gasteiger partial charge in [-0.15, -0.1) is 0 Å². The summed E-state index contributed by atoms with van der Waals surface area (Å²) in [5.74, 6) is -0.854. The van der Waals surface area contributed by atoms with Crippen molar-refractivity contribution in [3.05, 3.63) is 35.9 Å². The van der Waals surface area contributed by atoms with Crippen molar-refractivity contribution >= 4 is 11.7 Å². The summed E-state index contributed by atoms with van der Waals surface area (Å²) >= 11 is 0. The molecule has 0 saturated carbocycles. The van der Waals surface area contributed by atoms with Gasteiger partial charge in [-0.2, -0.15) is 0 Å². The second-order valence-corrected chi connectivity index (χ2v) is 3.41. The van der Waals surface area contributed by atoms with Crippen LogP contribution < -0.4 is 5.73 Å². The fourth-order valence-corrected chi connectivity index (χ4v) is 1.29. The van der Waals surface area contributed by atoms with Crippen LogP contribution in [0.5, 0.6) is 0 Å². The fourth-order valence-electron chi connectivity index (χ4n) is 1.29. The molecule has 0 bridgehead atoms. The molecule has 74 valence electrons. The van der Waals surface area contributed by atoms with Crippen molar-refractivity contribution in [3.63, 3.8) is 0 Å². The molecule has 0 aromatic heterocycles. The Kier molecular flexibility index (Phi) is 2.70. The van der Waals surface area contributed by atoms with Gasteiger partial charge in [0.1, 0.15) is 11.2 Å². The molecular formula is C11H13NO2. The molecule has 1 aromatic rings. The number of benzene rings is 1. The molecule has 1 rings (SSSR count). The summed E-state index contributed by atoms with van der Waals surface area (Å²) in [6.45, 7) is 2.92. The molecule has 1 amide bonds. The molecule has 0 aliphatic carbocycles. The Bertz CT molecular complexity index is 343. The number of primary amides is 1. The number of nitrogens with two attached hydrogens (primary N) is 1. The molecule has 2 N–H and O–H groups in total. The first-order valence-corrected chi connectivity index (χ1v) is 4.36. The topological polar surface area (TPSA) is 60.2 Å². The average molecular weight is 191 g/mol. The Morgan fingerprint density at radius 3 is 2.07 bits per heavy atom. The van der Waals surface area contributed by atoms with Crippen LogP contribution in [0, 0.1) is 0 Å². The molecule has 14 heavy (non-hydrogen) atoms. The van der Waals surface area contributed by atoms with Crippen LogP contribution in [0.4, 0.5) is 0 Å². The van der Waals surface area contributed by atoms with Crippen molar-refractivity contribution in [2.24, 2.45) is 5.73 Å². The molecule has 0 aliphatic heterocycles. The lowest BCUT2D eigenvalue weighted by Gasteiger charge is -2.22. The van der Waals surface area contributed by atoms with E-state index in [2.05, 4.69) is 0 Å². The minimum absolute atomic E-state index is 0.240. The number of carbonyl (C=O) groups is 2. The van der Waals surface area contributed by atoms with Crippen LogP contribution in [0.1, 0.15) is 19.4 Å². The Hall–Kier alpha value is -1.64. The summed E-state index contributed by atoms with van der Waals surface area (Å²) in [7, 11) is 0. The lowest BCUT2D eigenvalue weighted by Crippen LogP contribution is -2.44. The van der Waals surface area contributed by atoms with Gasteiger partial charge in [0, 0.05) is 0 Å². The monoisotopic (exact) mass is 191 g/mol. The second kappa shape index (κ2) is 3.62. The largest absolute Gasteiger partial charge is 0.369 e. The Morgan fingerprint density at radius 2 is 1.71 bits per heavy atom. The first kappa shape index (κ1) is 10.4. The van der Waals surface area contributed by atoms with E-state index in [9.17, 15) is 9.59 Å². The van der Waals surface area contributed by atoms with Gasteiger partial charge in [0.25, 0.3) is 0 Å². The third-order valence-corrected chi connectivity index (χ3v) is 2.55. The van der Waals surface area contributed by atoms with Gasteiger partial charge < -0.3 is 5.73 Å². The number of carbonyl (C=O) groups excluding carboxylic acids is 2. The molecule has 0 aliphatic rings. The van der Waals surface area contributed by atoms with Crippen molar-refractivity contribution < 1.29 is 9.59 Å². The lowest BCUT2D eigenvalue weighted by molar-refractivity contribution is -0.132. The molecule has 1 unspecified atom stereocenters. The Morgan fingerprint density at radius 1 is 1.21 bits per heavy atom. The number of hydrogen-bond donors (Lipinski definition) is 1. The highest BCUT2D eigenvalue weighted by Crippen LogP contribution is 2.24. The minimum atomic E-state index is -1.21. The minimum Gasteiger partial charge on any atom is -0.369 e. The van der Waals surface area contributed by atoms with Gasteiger partial charge in [0.2, 0.25) is 5.91 Å². The molecule has 3 heteroatoms. The molecule has 0 spiro atoms. The SMILES string of the molecule is CC(=O)C(C)(C(N)=O)c1ccccc1. The Balaban J connectivity index is 3.27. The summed E-state index contributed by atoms with van der Waals surface area (Å²) in [6.07, 6.45) is 0. The molecule has 3 nitrogen and oxygen atoms in total. The van der Waals surface area contributed by atoms with E-state index < -0.39 is 11.3 Å².